The van der Waals surface area contributed by atoms with Crippen LogP contribution >= 0.6 is 22.9 Å². The van der Waals surface area contributed by atoms with Gasteiger partial charge < -0.3 is 9.84 Å². The van der Waals surface area contributed by atoms with Crippen LogP contribution in [0.15, 0.2) is 34.4 Å². The van der Waals surface area contributed by atoms with E-state index in [0.29, 0.717) is 69.6 Å². The van der Waals surface area contributed by atoms with Gasteiger partial charge in [0.15, 0.2) is 0 Å². The molecule has 0 bridgehead atoms. The molecule has 14 heteroatoms. The van der Waals surface area contributed by atoms with Crippen molar-refractivity contribution in [2.24, 2.45) is 5.41 Å². The predicted octanol–water partition coefficient (Wildman–Crippen LogP) is 6.38. The molecule has 1 atom stereocenters. The highest BCUT2D eigenvalue weighted by Crippen LogP contribution is 2.43. The number of carbonyl (C=O) groups is 1. The summed E-state index contributed by atoms with van der Waals surface area (Å²) in [7, 11) is 0. The Morgan fingerprint density at radius 2 is 1.96 bits per heavy atom. The van der Waals surface area contributed by atoms with Crippen LogP contribution in [0.25, 0.3) is 21.3 Å². The number of likely N-dealkylation sites (tertiary alicyclic amines) is 2. The van der Waals surface area contributed by atoms with Crippen LogP contribution in [0.4, 0.5) is 13.2 Å². The number of piperidine rings is 1. The topological polar surface area (TPSA) is 101 Å². The van der Waals surface area contributed by atoms with E-state index in [2.05, 4.69) is 9.88 Å². The fraction of sp³-hybridized carbons (Fsp3) is 0.486. The fourth-order valence-electron chi connectivity index (χ4n) is 7.99. The third-order valence-corrected chi connectivity index (χ3v) is 11.4. The number of nitrogens with zero attached hydrogens (tertiary/aromatic N) is 5. The summed E-state index contributed by atoms with van der Waals surface area (Å²) in [4.78, 5) is 38.9. The van der Waals surface area contributed by atoms with Gasteiger partial charge in [0.1, 0.15) is 18.2 Å². The van der Waals surface area contributed by atoms with Gasteiger partial charge in [0.2, 0.25) is 0 Å². The number of pyridine rings is 1. The van der Waals surface area contributed by atoms with E-state index < -0.39 is 18.7 Å². The van der Waals surface area contributed by atoms with Gasteiger partial charge in [0.25, 0.3) is 5.56 Å². The number of carboxylic acid groups (broad SMARTS) is 1. The molecule has 0 saturated carbocycles. The normalized spacial score (nSPS) is 19.6. The van der Waals surface area contributed by atoms with Crippen LogP contribution in [-0.2, 0) is 19.4 Å². The molecule has 0 amide bonds. The van der Waals surface area contributed by atoms with Crippen LogP contribution in [-0.4, -0.2) is 87.0 Å². The molecule has 0 radical (unpaired) electrons. The Bertz CT molecular complexity index is 1990. The molecule has 49 heavy (non-hydrogen) atoms. The second-order valence-corrected chi connectivity index (χ2v) is 15.0. The van der Waals surface area contributed by atoms with E-state index >= 15 is 0 Å². The van der Waals surface area contributed by atoms with Crippen molar-refractivity contribution in [2.75, 3.05) is 39.3 Å². The lowest BCUT2D eigenvalue weighted by molar-refractivity contribution is -0.162. The number of benzene rings is 1. The van der Waals surface area contributed by atoms with E-state index in [4.69, 9.17) is 21.3 Å². The molecule has 9 nitrogen and oxygen atoms in total. The lowest BCUT2D eigenvalue weighted by Crippen LogP contribution is -2.66. The number of carboxylic acids is 1. The first-order valence-electron chi connectivity index (χ1n) is 16.5. The highest BCUT2D eigenvalue weighted by molar-refractivity contribution is 7.18. The largest absolute Gasteiger partial charge is 0.491 e. The Kier molecular flexibility index (Phi) is 9.00. The highest BCUT2D eigenvalue weighted by atomic mass is 35.5. The second kappa shape index (κ2) is 13.0. The summed E-state index contributed by atoms with van der Waals surface area (Å²) in [5.41, 5.74) is 4.03. The molecule has 2 aliphatic heterocycles. The van der Waals surface area contributed by atoms with Crippen LogP contribution in [0, 0.1) is 19.3 Å². The van der Waals surface area contributed by atoms with Crippen LogP contribution in [0.3, 0.4) is 0 Å². The number of fused-ring (bicyclic) bond motifs is 2. The summed E-state index contributed by atoms with van der Waals surface area (Å²) < 4.78 is 47.8. The van der Waals surface area contributed by atoms with Crippen LogP contribution < -0.4 is 10.3 Å². The number of aromatic nitrogens is 3. The first-order valence-corrected chi connectivity index (χ1v) is 17.7. The Hall–Kier alpha value is -3.52. The molecule has 1 aliphatic carbocycles. The van der Waals surface area contributed by atoms with E-state index in [-0.39, 0.29) is 35.7 Å². The molecule has 4 aromatic rings. The van der Waals surface area contributed by atoms with Gasteiger partial charge in [-0.15, -0.1) is 11.3 Å². The number of ether oxygens (including phenoxy) is 1. The molecule has 2 fully saturated rings. The van der Waals surface area contributed by atoms with E-state index in [1.807, 2.05) is 19.9 Å². The molecule has 2 saturated heterocycles. The van der Waals surface area contributed by atoms with Gasteiger partial charge in [0, 0.05) is 63.9 Å². The number of rotatable bonds is 8. The Balaban J connectivity index is 1.05. The van der Waals surface area contributed by atoms with Crippen LogP contribution in [0.2, 0.25) is 5.02 Å². The van der Waals surface area contributed by atoms with Crippen molar-refractivity contribution in [1.29, 1.82) is 0 Å². The van der Waals surface area contributed by atoms with Crippen molar-refractivity contribution >= 4 is 39.1 Å². The predicted molar refractivity (Wildman–Crippen MR) is 182 cm³/mol. The lowest BCUT2D eigenvalue weighted by atomic mass is 9.71. The van der Waals surface area contributed by atoms with Gasteiger partial charge in [-0.1, -0.05) is 11.6 Å². The zero-order valence-electron chi connectivity index (χ0n) is 27.3. The fourth-order valence-corrected chi connectivity index (χ4v) is 9.17. The second-order valence-electron chi connectivity index (χ2n) is 13.7. The summed E-state index contributed by atoms with van der Waals surface area (Å²) in [6.07, 6.45) is -0.344. The van der Waals surface area contributed by atoms with E-state index in [0.717, 1.165) is 43.6 Å². The number of hydrogen-bond donors (Lipinski definition) is 1. The number of aryl methyl sites for hydroxylation is 3. The van der Waals surface area contributed by atoms with Gasteiger partial charge in [0.05, 0.1) is 34.6 Å². The van der Waals surface area contributed by atoms with Crippen LogP contribution in [0.5, 0.6) is 5.75 Å². The smallest absolute Gasteiger partial charge is 0.401 e. The Morgan fingerprint density at radius 3 is 2.71 bits per heavy atom. The Morgan fingerprint density at radius 1 is 1.16 bits per heavy atom. The highest BCUT2D eigenvalue weighted by Gasteiger charge is 2.49. The molecule has 3 aromatic heterocycles. The molecule has 1 N–H and O–H groups in total. The minimum absolute atomic E-state index is 0.0809. The number of hydrogen-bond acceptors (Lipinski definition) is 8. The maximum absolute atomic E-state index is 13.9. The maximum atomic E-state index is 13.9. The molecular formula is C35H37ClF3N5O4S. The van der Waals surface area contributed by atoms with Crippen molar-refractivity contribution in [2.45, 2.75) is 64.7 Å². The molecule has 1 aromatic carbocycles. The monoisotopic (exact) mass is 715 g/mol. The molecule has 0 unspecified atom stereocenters. The zero-order valence-corrected chi connectivity index (χ0v) is 28.8. The minimum Gasteiger partial charge on any atom is -0.491 e. The van der Waals surface area contributed by atoms with Gasteiger partial charge in [-0.25, -0.2) is 9.78 Å². The van der Waals surface area contributed by atoms with Crippen molar-refractivity contribution in [3.63, 3.8) is 0 Å². The van der Waals surface area contributed by atoms with E-state index in [1.165, 1.54) is 11.3 Å². The number of halogens is 4. The van der Waals surface area contributed by atoms with Crippen molar-refractivity contribution in [3.8, 4) is 16.9 Å². The van der Waals surface area contributed by atoms with E-state index in [9.17, 15) is 27.9 Å². The third-order valence-electron chi connectivity index (χ3n) is 10.1. The van der Waals surface area contributed by atoms with Crippen LogP contribution in [0.1, 0.15) is 52.4 Å². The van der Waals surface area contributed by atoms with Gasteiger partial charge >= 0.3 is 12.1 Å². The molecular weight excluding hydrogens is 679 g/mol. The van der Waals surface area contributed by atoms with E-state index in [1.54, 1.807) is 33.0 Å². The zero-order chi connectivity index (χ0) is 34.7. The number of thiophene rings is 1. The minimum atomic E-state index is -4.19. The van der Waals surface area contributed by atoms with Crippen molar-refractivity contribution in [1.82, 2.24) is 24.3 Å². The summed E-state index contributed by atoms with van der Waals surface area (Å²) in [5.74, 6) is 0.114. The summed E-state index contributed by atoms with van der Waals surface area (Å²) in [6, 6.07) is 7.32. The number of aromatic carboxylic acids is 1. The standard InChI is InChI=1S/C35H37ClF3N5O4S/c1-20-12-25(31-30(40-20)27(15-49-31)33(46)47)24-13-22(36)4-7-29(24)48-11-10-44-21(2)41-28-6-5-23(14-26(28)32(44)45)43-17-34(18-43)8-3-9-42(16-34)19-35(37,38)39/h4,7,12-13,15,23H,3,5-6,8-11,14,16-19H2,1-2H3,(H,46,47)/t23-/m0/s1. The SMILES string of the molecule is Cc1cc(-c2cc(Cl)ccc2OCCn2c(C)nc3c(c2=O)C[C@@H](N2CC4(CCCN(CC(F)(F)F)C4)C2)CC3)c2scc(C(=O)O)c2n1. The van der Waals surface area contributed by atoms with Gasteiger partial charge in [-0.3, -0.25) is 24.1 Å². The van der Waals surface area contributed by atoms with Gasteiger partial charge in [-0.2, -0.15) is 13.2 Å². The molecule has 5 heterocycles. The first kappa shape index (κ1) is 34.0. The quantitative estimate of drug-likeness (QED) is 0.224. The molecule has 7 rings (SSSR count). The maximum Gasteiger partial charge on any atom is 0.401 e. The van der Waals surface area contributed by atoms with Crippen molar-refractivity contribution in [3.05, 3.63) is 73.4 Å². The van der Waals surface area contributed by atoms with Crippen molar-refractivity contribution < 1.29 is 27.8 Å². The molecule has 3 aliphatic rings. The summed E-state index contributed by atoms with van der Waals surface area (Å²) >= 11 is 7.71. The van der Waals surface area contributed by atoms with Gasteiger partial charge in [-0.05, 0) is 76.8 Å². The third kappa shape index (κ3) is 6.82. The molecule has 1 spiro atoms. The average Bonchev–Trinajstić information content (AvgIpc) is 3.45. The average molecular weight is 716 g/mol. The first-order chi connectivity index (χ1) is 23.3. The summed E-state index contributed by atoms with van der Waals surface area (Å²) in [5, 5.41) is 11.7. The molecule has 260 valence electrons. The number of alkyl halides is 3. The summed E-state index contributed by atoms with van der Waals surface area (Å²) in [6.45, 7) is 5.71. The lowest BCUT2D eigenvalue weighted by Gasteiger charge is -2.57. The Labute approximate surface area is 290 Å².